The van der Waals surface area contributed by atoms with Gasteiger partial charge in [-0.3, -0.25) is 0 Å². The summed E-state index contributed by atoms with van der Waals surface area (Å²) in [6.07, 6.45) is 5.45. The van der Waals surface area contributed by atoms with Crippen molar-refractivity contribution < 1.29 is 9.47 Å². The average molecular weight is 301 g/mol. The fourth-order valence-electron chi connectivity index (χ4n) is 2.91. The minimum atomic E-state index is -1.07. The molecular formula is C15H32O2Si2. The number of ether oxygens (including phenoxy) is 2. The number of hydrogen-bond donors (Lipinski definition) is 0. The van der Waals surface area contributed by atoms with Gasteiger partial charge in [0.25, 0.3) is 0 Å². The van der Waals surface area contributed by atoms with E-state index in [0.717, 1.165) is 13.2 Å². The lowest BCUT2D eigenvalue weighted by Crippen LogP contribution is -2.39. The van der Waals surface area contributed by atoms with Gasteiger partial charge in [0, 0.05) is 16.1 Å². The van der Waals surface area contributed by atoms with E-state index >= 15 is 0 Å². The molecule has 0 aromatic carbocycles. The molecule has 4 heteroatoms. The highest BCUT2D eigenvalue weighted by Crippen LogP contribution is 2.28. The van der Waals surface area contributed by atoms with Crippen LogP contribution in [0.2, 0.25) is 43.9 Å². The fraction of sp³-hybridized carbons (Fsp3) is 0.733. The van der Waals surface area contributed by atoms with Crippen molar-refractivity contribution in [1.82, 2.24) is 0 Å². The second kappa shape index (κ2) is 9.42. The van der Waals surface area contributed by atoms with E-state index in [0.29, 0.717) is 0 Å². The number of rotatable bonds is 12. The molecule has 0 aromatic heterocycles. The van der Waals surface area contributed by atoms with Gasteiger partial charge in [-0.05, 0) is 12.8 Å². The molecule has 19 heavy (non-hydrogen) atoms. The van der Waals surface area contributed by atoms with E-state index in [1.54, 1.807) is 12.5 Å². The Hall–Kier alpha value is -0.486. The molecule has 0 atom stereocenters. The molecule has 0 saturated carbocycles. The van der Waals surface area contributed by atoms with Crippen molar-refractivity contribution in [2.45, 2.75) is 56.8 Å². The highest BCUT2D eigenvalue weighted by molar-refractivity contribution is 6.95. The van der Waals surface area contributed by atoms with Crippen LogP contribution < -0.4 is 0 Å². The first-order valence-electron chi connectivity index (χ1n) is 7.28. The van der Waals surface area contributed by atoms with Gasteiger partial charge in [-0.1, -0.05) is 57.1 Å². The summed E-state index contributed by atoms with van der Waals surface area (Å²) in [7, 11) is -2.14. The molecule has 0 radical (unpaired) electrons. The molecule has 0 bridgehead atoms. The summed E-state index contributed by atoms with van der Waals surface area (Å²) in [6.45, 7) is 18.9. The highest BCUT2D eigenvalue weighted by atomic mass is 28.4. The van der Waals surface area contributed by atoms with Gasteiger partial charge in [0.2, 0.25) is 0 Å². The molecule has 0 amide bonds. The summed E-state index contributed by atoms with van der Waals surface area (Å²) < 4.78 is 10.4. The Morgan fingerprint density at radius 3 is 1.47 bits per heavy atom. The Balaban J connectivity index is 3.99. The third-order valence-electron chi connectivity index (χ3n) is 3.42. The lowest BCUT2D eigenvalue weighted by molar-refractivity contribution is 0.250. The molecule has 0 N–H and O–H groups in total. The van der Waals surface area contributed by atoms with Gasteiger partial charge in [0.1, 0.15) is 0 Å². The third kappa shape index (κ3) is 11.1. The van der Waals surface area contributed by atoms with E-state index in [4.69, 9.17) is 9.47 Å². The fourth-order valence-corrected chi connectivity index (χ4v) is 16.9. The lowest BCUT2D eigenvalue weighted by atomic mass is 10.5. The van der Waals surface area contributed by atoms with Crippen molar-refractivity contribution in [2.24, 2.45) is 0 Å². The van der Waals surface area contributed by atoms with Crippen LogP contribution in [0.3, 0.4) is 0 Å². The van der Waals surface area contributed by atoms with E-state index in [1.807, 2.05) is 0 Å². The molecular weight excluding hydrogens is 268 g/mol. The van der Waals surface area contributed by atoms with Gasteiger partial charge in [-0.2, -0.15) is 0 Å². The predicted octanol–water partition coefficient (Wildman–Crippen LogP) is 5.04. The standard InChI is InChI=1S/C15H32O2Si2/c1-7-16-11-9-13-18(3,4)15-19(5,6)14-10-12-17-8-2/h7-8H,1-2,9-15H2,3-6H3. The first kappa shape index (κ1) is 18.5. The Bertz CT molecular complexity index is 237. The summed E-state index contributed by atoms with van der Waals surface area (Å²) in [6, 6.07) is 2.72. The van der Waals surface area contributed by atoms with Crippen molar-refractivity contribution in [2.75, 3.05) is 13.2 Å². The summed E-state index contributed by atoms with van der Waals surface area (Å²) in [5.74, 6) is 0. The van der Waals surface area contributed by atoms with Crippen LogP contribution in [0.4, 0.5) is 0 Å². The van der Waals surface area contributed by atoms with Gasteiger partial charge in [0.05, 0.1) is 25.7 Å². The van der Waals surface area contributed by atoms with E-state index in [-0.39, 0.29) is 0 Å². The van der Waals surface area contributed by atoms with Crippen LogP contribution in [0.15, 0.2) is 25.7 Å². The molecule has 0 aliphatic carbocycles. The molecule has 0 aliphatic heterocycles. The van der Waals surface area contributed by atoms with Crippen LogP contribution in [-0.2, 0) is 9.47 Å². The largest absolute Gasteiger partial charge is 0.502 e. The van der Waals surface area contributed by atoms with Crippen LogP contribution in [0.1, 0.15) is 12.8 Å². The lowest BCUT2D eigenvalue weighted by Gasteiger charge is -2.32. The maximum Gasteiger partial charge on any atom is 0.0870 e. The van der Waals surface area contributed by atoms with Crippen LogP contribution in [0.25, 0.3) is 0 Å². The molecule has 112 valence electrons. The van der Waals surface area contributed by atoms with Crippen LogP contribution >= 0.6 is 0 Å². The van der Waals surface area contributed by atoms with Crippen LogP contribution in [-0.4, -0.2) is 29.4 Å². The zero-order valence-corrected chi connectivity index (χ0v) is 15.3. The summed E-state index contributed by atoms with van der Waals surface area (Å²) in [5.41, 5.74) is 1.50. The first-order chi connectivity index (χ1) is 8.83. The monoisotopic (exact) mass is 300 g/mol. The number of hydrogen-bond acceptors (Lipinski definition) is 2. The minimum absolute atomic E-state index is 0.828. The summed E-state index contributed by atoms with van der Waals surface area (Å²) in [5, 5.41) is 0. The topological polar surface area (TPSA) is 18.5 Å². The van der Waals surface area contributed by atoms with Gasteiger partial charge in [-0.15, -0.1) is 0 Å². The molecule has 0 spiro atoms. The molecule has 0 aromatic rings. The van der Waals surface area contributed by atoms with Gasteiger partial charge < -0.3 is 9.47 Å². The van der Waals surface area contributed by atoms with Crippen molar-refractivity contribution >= 4 is 16.1 Å². The summed E-state index contributed by atoms with van der Waals surface area (Å²) in [4.78, 5) is 0. The van der Waals surface area contributed by atoms with Gasteiger partial charge in [0.15, 0.2) is 0 Å². The van der Waals surface area contributed by atoms with E-state index < -0.39 is 16.1 Å². The molecule has 0 rings (SSSR count). The third-order valence-corrected chi connectivity index (χ3v) is 14.5. The molecule has 0 saturated heterocycles. The molecule has 0 heterocycles. The SMILES string of the molecule is C=COCCC[Si](C)(C)C[Si](C)(C)CCCOC=C. The van der Waals surface area contributed by atoms with Crippen LogP contribution in [0, 0.1) is 0 Å². The second-order valence-electron chi connectivity index (χ2n) is 6.79. The summed E-state index contributed by atoms with van der Waals surface area (Å²) >= 11 is 0. The zero-order chi connectivity index (χ0) is 14.8. The average Bonchev–Trinajstić information content (AvgIpc) is 2.29. The maximum atomic E-state index is 5.22. The minimum Gasteiger partial charge on any atom is -0.502 e. The smallest absolute Gasteiger partial charge is 0.0870 e. The maximum absolute atomic E-state index is 5.22. The Morgan fingerprint density at radius 2 is 1.16 bits per heavy atom. The normalized spacial score (nSPS) is 12.0. The quantitative estimate of drug-likeness (QED) is 0.285. The van der Waals surface area contributed by atoms with Gasteiger partial charge >= 0.3 is 0 Å². The first-order valence-corrected chi connectivity index (χ1v) is 14.1. The Kier molecular flexibility index (Phi) is 9.18. The molecule has 0 unspecified atom stereocenters. The van der Waals surface area contributed by atoms with E-state index in [9.17, 15) is 0 Å². The van der Waals surface area contributed by atoms with E-state index in [1.165, 1.54) is 30.6 Å². The molecule has 0 aliphatic rings. The predicted molar refractivity (Wildman–Crippen MR) is 90.9 cm³/mol. The second-order valence-corrected chi connectivity index (χ2v) is 17.9. The van der Waals surface area contributed by atoms with Crippen molar-refractivity contribution in [3.05, 3.63) is 25.7 Å². The van der Waals surface area contributed by atoms with E-state index in [2.05, 4.69) is 39.3 Å². The van der Waals surface area contributed by atoms with Crippen molar-refractivity contribution in [3.63, 3.8) is 0 Å². The van der Waals surface area contributed by atoms with Crippen molar-refractivity contribution in [1.29, 1.82) is 0 Å². The zero-order valence-electron chi connectivity index (χ0n) is 13.3. The molecule has 0 fully saturated rings. The highest BCUT2D eigenvalue weighted by Gasteiger charge is 2.31. The van der Waals surface area contributed by atoms with Crippen molar-refractivity contribution in [3.8, 4) is 0 Å². The Labute approximate surface area is 121 Å². The Morgan fingerprint density at radius 1 is 0.789 bits per heavy atom. The van der Waals surface area contributed by atoms with Crippen LogP contribution in [0.5, 0.6) is 0 Å². The van der Waals surface area contributed by atoms with Gasteiger partial charge in [-0.25, -0.2) is 0 Å². The molecule has 2 nitrogen and oxygen atoms in total.